The van der Waals surface area contributed by atoms with E-state index in [1.165, 1.54) is 11.3 Å². The number of nitrogens with one attached hydrogen (secondary N) is 2. The highest BCUT2D eigenvalue weighted by atomic mass is 32.1. The largest absolute Gasteiger partial charge is 0.445 e. The summed E-state index contributed by atoms with van der Waals surface area (Å²) in [4.78, 5) is 30.2. The second-order valence-electron chi connectivity index (χ2n) is 9.82. The Balaban J connectivity index is 1.69. The second kappa shape index (κ2) is 13.8. The van der Waals surface area contributed by atoms with Crippen LogP contribution in [0.25, 0.3) is 0 Å². The predicted molar refractivity (Wildman–Crippen MR) is 143 cm³/mol. The molecule has 1 aromatic heterocycles. The molecule has 0 aliphatic heterocycles. The van der Waals surface area contributed by atoms with Gasteiger partial charge in [0, 0.05) is 23.5 Å². The second-order valence-corrected chi connectivity index (χ2v) is 10.8. The van der Waals surface area contributed by atoms with Gasteiger partial charge in [0.2, 0.25) is 0 Å². The number of carbonyl (C=O) groups excluding carboxylic acids is 2. The number of amides is 2. The summed E-state index contributed by atoms with van der Waals surface area (Å²) in [7, 11) is 0. The molecule has 3 atom stereocenters. The maximum absolute atomic E-state index is 12.6. The van der Waals surface area contributed by atoms with E-state index in [0.29, 0.717) is 12.8 Å². The highest BCUT2D eigenvalue weighted by Crippen LogP contribution is 2.17. The molecule has 2 aromatic carbocycles. The van der Waals surface area contributed by atoms with Crippen molar-refractivity contribution in [2.45, 2.75) is 70.4 Å². The average molecular weight is 526 g/mol. The lowest BCUT2D eigenvalue weighted by atomic mass is 9.95. The molecule has 0 saturated carbocycles. The summed E-state index contributed by atoms with van der Waals surface area (Å²) >= 11 is 1.47. The first-order valence-electron chi connectivity index (χ1n) is 12.2. The SMILES string of the molecule is CC(C)(C)OC(=O)N[C@@H](Cc1ccccc1)[C@@H](O)C[C@@H](Cc1cncs1)NC(=O)OCc1ccccc1. The number of aromatic nitrogens is 1. The van der Waals surface area contributed by atoms with Crippen LogP contribution in [-0.2, 0) is 28.9 Å². The van der Waals surface area contributed by atoms with Crippen LogP contribution < -0.4 is 10.6 Å². The van der Waals surface area contributed by atoms with Crippen molar-refractivity contribution < 1.29 is 24.2 Å². The lowest BCUT2D eigenvalue weighted by Crippen LogP contribution is -2.49. The van der Waals surface area contributed by atoms with Gasteiger partial charge in [-0.15, -0.1) is 11.3 Å². The molecular weight excluding hydrogens is 490 g/mol. The lowest BCUT2D eigenvalue weighted by molar-refractivity contribution is 0.0398. The van der Waals surface area contributed by atoms with E-state index in [4.69, 9.17) is 9.47 Å². The molecule has 3 rings (SSSR count). The molecule has 37 heavy (non-hydrogen) atoms. The fourth-order valence-electron chi connectivity index (χ4n) is 3.78. The smallest absolute Gasteiger partial charge is 0.407 e. The van der Waals surface area contributed by atoms with Gasteiger partial charge in [0.1, 0.15) is 12.2 Å². The van der Waals surface area contributed by atoms with E-state index >= 15 is 0 Å². The zero-order valence-corrected chi connectivity index (χ0v) is 22.2. The normalized spacial score (nSPS) is 13.7. The molecule has 0 fully saturated rings. The monoisotopic (exact) mass is 525 g/mol. The number of benzene rings is 2. The van der Waals surface area contributed by atoms with Gasteiger partial charge >= 0.3 is 12.2 Å². The van der Waals surface area contributed by atoms with Crippen LogP contribution in [0.15, 0.2) is 72.4 Å². The summed E-state index contributed by atoms with van der Waals surface area (Å²) in [5.41, 5.74) is 2.88. The number of aliphatic hydroxyl groups excluding tert-OH is 1. The molecule has 2 amide bonds. The van der Waals surface area contributed by atoms with Crippen LogP contribution in [0.1, 0.15) is 43.2 Å². The third kappa shape index (κ3) is 10.6. The first-order chi connectivity index (χ1) is 17.7. The van der Waals surface area contributed by atoms with Gasteiger partial charge < -0.3 is 25.2 Å². The van der Waals surface area contributed by atoms with Crippen molar-refractivity contribution >= 4 is 23.5 Å². The molecule has 0 unspecified atom stereocenters. The highest BCUT2D eigenvalue weighted by Gasteiger charge is 2.28. The van der Waals surface area contributed by atoms with Crippen molar-refractivity contribution in [1.82, 2.24) is 15.6 Å². The van der Waals surface area contributed by atoms with Crippen molar-refractivity contribution in [2.24, 2.45) is 0 Å². The first kappa shape index (κ1) is 28.1. The van der Waals surface area contributed by atoms with E-state index in [1.54, 1.807) is 32.5 Å². The fourth-order valence-corrected chi connectivity index (χ4v) is 4.45. The summed E-state index contributed by atoms with van der Waals surface area (Å²) in [6.07, 6.45) is 0.624. The molecule has 8 nitrogen and oxygen atoms in total. The van der Waals surface area contributed by atoms with E-state index in [9.17, 15) is 14.7 Å². The predicted octanol–water partition coefficient (Wildman–Crippen LogP) is 4.87. The Bertz CT molecular complexity index is 1090. The number of carbonyl (C=O) groups is 2. The summed E-state index contributed by atoms with van der Waals surface area (Å²) in [6.45, 7) is 5.49. The average Bonchev–Trinajstić information content (AvgIpc) is 3.35. The van der Waals surface area contributed by atoms with Crippen molar-refractivity contribution in [1.29, 1.82) is 0 Å². The van der Waals surface area contributed by atoms with Gasteiger partial charge in [-0.1, -0.05) is 60.7 Å². The number of hydrogen-bond donors (Lipinski definition) is 3. The van der Waals surface area contributed by atoms with Gasteiger partial charge in [-0.05, 0) is 44.7 Å². The fraction of sp³-hybridized carbons (Fsp3) is 0.393. The maximum Gasteiger partial charge on any atom is 0.407 e. The zero-order chi connectivity index (χ0) is 26.7. The molecule has 0 aliphatic rings. The van der Waals surface area contributed by atoms with Gasteiger partial charge in [-0.2, -0.15) is 0 Å². The molecule has 0 saturated heterocycles. The molecule has 3 N–H and O–H groups in total. The number of rotatable bonds is 11. The molecule has 3 aromatic rings. The van der Waals surface area contributed by atoms with Gasteiger partial charge in [-0.25, -0.2) is 9.59 Å². The van der Waals surface area contributed by atoms with Gasteiger partial charge in [0.15, 0.2) is 0 Å². The molecule has 9 heteroatoms. The topological polar surface area (TPSA) is 110 Å². The van der Waals surface area contributed by atoms with Gasteiger partial charge in [0.25, 0.3) is 0 Å². The Kier molecular flexibility index (Phi) is 10.5. The summed E-state index contributed by atoms with van der Waals surface area (Å²) < 4.78 is 10.8. The highest BCUT2D eigenvalue weighted by molar-refractivity contribution is 7.09. The minimum atomic E-state index is -0.972. The van der Waals surface area contributed by atoms with Crippen molar-refractivity contribution in [2.75, 3.05) is 0 Å². The molecule has 0 bridgehead atoms. The Morgan fingerprint density at radius 2 is 1.59 bits per heavy atom. The number of thiazole rings is 1. The Morgan fingerprint density at radius 3 is 2.19 bits per heavy atom. The minimum absolute atomic E-state index is 0.138. The zero-order valence-electron chi connectivity index (χ0n) is 21.4. The quantitative estimate of drug-likeness (QED) is 0.330. The Morgan fingerprint density at radius 1 is 0.946 bits per heavy atom. The third-order valence-electron chi connectivity index (χ3n) is 5.46. The van der Waals surface area contributed by atoms with Crippen LogP contribution in [0.3, 0.4) is 0 Å². The Hall–Kier alpha value is -3.43. The van der Waals surface area contributed by atoms with E-state index in [-0.39, 0.29) is 13.0 Å². The van der Waals surface area contributed by atoms with Crippen LogP contribution in [0.4, 0.5) is 9.59 Å². The van der Waals surface area contributed by atoms with Crippen LogP contribution in [0.5, 0.6) is 0 Å². The molecule has 198 valence electrons. The standard InChI is InChI=1S/C28H35N3O5S/c1-28(2,3)36-27(34)31-24(14-20-10-6-4-7-11-20)25(32)16-22(15-23-17-29-19-37-23)30-26(33)35-18-21-12-8-5-9-13-21/h4-13,17,19,22,24-25,32H,14-16,18H2,1-3H3,(H,30,33)(H,31,34)/t22-,24+,25+/m1/s1. The number of nitrogens with zero attached hydrogens (tertiary/aromatic N) is 1. The van der Waals surface area contributed by atoms with Crippen LogP contribution in [0, 0.1) is 0 Å². The Labute approximate surface area is 222 Å². The van der Waals surface area contributed by atoms with Crippen LogP contribution in [-0.4, -0.2) is 46.1 Å². The maximum atomic E-state index is 12.6. The molecule has 0 spiro atoms. The molecule has 0 aliphatic carbocycles. The van der Waals surface area contributed by atoms with Gasteiger partial charge in [0.05, 0.1) is 17.7 Å². The number of alkyl carbamates (subject to hydrolysis) is 2. The third-order valence-corrected chi connectivity index (χ3v) is 6.26. The van der Waals surface area contributed by atoms with Crippen molar-refractivity contribution in [3.8, 4) is 0 Å². The van der Waals surface area contributed by atoms with E-state index in [2.05, 4.69) is 15.6 Å². The summed E-state index contributed by atoms with van der Waals surface area (Å²) in [6, 6.07) is 17.9. The van der Waals surface area contributed by atoms with Crippen molar-refractivity contribution in [3.63, 3.8) is 0 Å². The van der Waals surface area contributed by atoms with E-state index in [0.717, 1.165) is 16.0 Å². The minimum Gasteiger partial charge on any atom is -0.445 e. The van der Waals surface area contributed by atoms with Crippen LogP contribution in [0.2, 0.25) is 0 Å². The number of hydrogen-bond acceptors (Lipinski definition) is 7. The summed E-state index contributed by atoms with van der Waals surface area (Å²) in [5.74, 6) is 0. The molecular formula is C28H35N3O5S. The van der Waals surface area contributed by atoms with E-state index < -0.39 is 36.0 Å². The number of ether oxygens (including phenoxy) is 2. The molecule has 1 heterocycles. The van der Waals surface area contributed by atoms with Crippen molar-refractivity contribution in [3.05, 3.63) is 88.4 Å². The number of aliphatic hydroxyl groups is 1. The van der Waals surface area contributed by atoms with E-state index in [1.807, 2.05) is 60.7 Å². The summed E-state index contributed by atoms with van der Waals surface area (Å²) in [5, 5.41) is 17.0. The molecule has 0 radical (unpaired) electrons. The lowest BCUT2D eigenvalue weighted by Gasteiger charge is -2.29. The first-order valence-corrected chi connectivity index (χ1v) is 13.1. The van der Waals surface area contributed by atoms with Gasteiger partial charge in [-0.3, -0.25) is 4.98 Å². The van der Waals surface area contributed by atoms with Crippen LogP contribution >= 0.6 is 11.3 Å².